The van der Waals surface area contributed by atoms with Crippen LogP contribution in [-0.2, 0) is 4.74 Å². The SMILES string of the molecule is CC(C)=CCCC(C)=CCCC(C)=CCOC(=O)c1ccccc1S. The largest absolute Gasteiger partial charge is 0.458 e. The first-order chi connectivity index (χ1) is 11.9. The Kier molecular flexibility index (Phi) is 10.0. The van der Waals surface area contributed by atoms with Gasteiger partial charge in [0.2, 0.25) is 0 Å². The molecule has 0 saturated carbocycles. The molecular formula is C22H30O2S. The maximum absolute atomic E-state index is 12.0. The summed E-state index contributed by atoms with van der Waals surface area (Å²) in [4.78, 5) is 12.6. The topological polar surface area (TPSA) is 26.3 Å². The summed E-state index contributed by atoms with van der Waals surface area (Å²) >= 11 is 4.27. The van der Waals surface area contributed by atoms with Gasteiger partial charge < -0.3 is 4.74 Å². The predicted molar refractivity (Wildman–Crippen MR) is 109 cm³/mol. The molecule has 0 fully saturated rings. The number of hydrogen-bond donors (Lipinski definition) is 1. The van der Waals surface area contributed by atoms with Crippen LogP contribution < -0.4 is 0 Å². The van der Waals surface area contributed by atoms with E-state index in [1.807, 2.05) is 18.2 Å². The van der Waals surface area contributed by atoms with E-state index in [4.69, 9.17) is 4.74 Å². The molecule has 0 atom stereocenters. The lowest BCUT2D eigenvalue weighted by Crippen LogP contribution is -2.06. The number of ether oxygens (including phenoxy) is 1. The average molecular weight is 359 g/mol. The fraction of sp³-hybridized carbons (Fsp3) is 0.409. The van der Waals surface area contributed by atoms with Gasteiger partial charge in [-0.15, -0.1) is 12.6 Å². The van der Waals surface area contributed by atoms with Crippen LogP contribution in [0.1, 0.15) is 63.7 Å². The Morgan fingerprint density at radius 2 is 1.56 bits per heavy atom. The molecule has 0 N–H and O–H groups in total. The number of carbonyl (C=O) groups is 1. The Morgan fingerprint density at radius 1 is 0.960 bits per heavy atom. The van der Waals surface area contributed by atoms with E-state index in [1.165, 1.54) is 16.7 Å². The fourth-order valence-electron chi connectivity index (χ4n) is 2.32. The maximum Gasteiger partial charge on any atom is 0.339 e. The molecule has 2 nitrogen and oxygen atoms in total. The zero-order valence-corrected chi connectivity index (χ0v) is 16.7. The first kappa shape index (κ1) is 21.3. The molecular weight excluding hydrogens is 328 g/mol. The van der Waals surface area contributed by atoms with Crippen molar-refractivity contribution in [2.24, 2.45) is 0 Å². The summed E-state index contributed by atoms with van der Waals surface area (Å²) in [5.41, 5.74) is 4.55. The van der Waals surface area contributed by atoms with Crippen molar-refractivity contribution >= 4 is 18.6 Å². The molecule has 0 aliphatic heterocycles. The van der Waals surface area contributed by atoms with E-state index in [-0.39, 0.29) is 5.97 Å². The third kappa shape index (κ3) is 9.35. The second-order valence-electron chi connectivity index (χ2n) is 6.58. The normalized spacial score (nSPS) is 12.0. The van der Waals surface area contributed by atoms with E-state index < -0.39 is 0 Å². The van der Waals surface area contributed by atoms with Gasteiger partial charge in [-0.25, -0.2) is 4.79 Å². The molecule has 0 heterocycles. The molecule has 1 aromatic rings. The Morgan fingerprint density at radius 3 is 2.20 bits per heavy atom. The quantitative estimate of drug-likeness (QED) is 0.308. The summed E-state index contributed by atoms with van der Waals surface area (Å²) in [5.74, 6) is -0.329. The second kappa shape index (κ2) is 11.8. The van der Waals surface area contributed by atoms with E-state index in [9.17, 15) is 4.79 Å². The lowest BCUT2D eigenvalue weighted by atomic mass is 10.1. The highest BCUT2D eigenvalue weighted by Crippen LogP contribution is 2.14. The molecule has 0 aromatic heterocycles. The van der Waals surface area contributed by atoms with Gasteiger partial charge >= 0.3 is 5.97 Å². The van der Waals surface area contributed by atoms with Crippen LogP contribution >= 0.6 is 12.6 Å². The summed E-state index contributed by atoms with van der Waals surface area (Å²) in [6.45, 7) is 8.83. The first-order valence-corrected chi connectivity index (χ1v) is 9.24. The first-order valence-electron chi connectivity index (χ1n) is 8.80. The lowest BCUT2D eigenvalue weighted by Gasteiger charge is -2.05. The number of hydrogen-bond acceptors (Lipinski definition) is 3. The molecule has 0 amide bonds. The van der Waals surface area contributed by atoms with E-state index >= 15 is 0 Å². The minimum Gasteiger partial charge on any atom is -0.458 e. The van der Waals surface area contributed by atoms with Crippen molar-refractivity contribution in [1.82, 2.24) is 0 Å². The van der Waals surface area contributed by atoms with Gasteiger partial charge in [-0.2, -0.15) is 0 Å². The van der Waals surface area contributed by atoms with Gasteiger partial charge in [0, 0.05) is 4.90 Å². The van der Waals surface area contributed by atoms with Crippen molar-refractivity contribution in [2.75, 3.05) is 6.61 Å². The van der Waals surface area contributed by atoms with E-state index in [0.717, 1.165) is 25.7 Å². The minimum absolute atomic E-state index is 0.302. The van der Waals surface area contributed by atoms with Gasteiger partial charge in [0.15, 0.2) is 0 Å². The third-order valence-corrected chi connectivity index (χ3v) is 4.28. The van der Waals surface area contributed by atoms with Crippen molar-refractivity contribution in [3.05, 3.63) is 64.8 Å². The van der Waals surface area contributed by atoms with Crippen LogP contribution in [0.5, 0.6) is 0 Å². The molecule has 0 bridgehead atoms. The summed E-state index contributed by atoms with van der Waals surface area (Å²) in [7, 11) is 0. The number of thiol groups is 1. The standard InChI is InChI=1S/C22H30O2S/c1-17(2)9-7-10-18(3)11-8-12-19(4)15-16-24-22(23)20-13-5-6-14-21(20)25/h5-6,9,11,13-15,25H,7-8,10,12,16H2,1-4H3. The van der Waals surface area contributed by atoms with Gasteiger partial charge in [-0.05, 0) is 71.6 Å². The van der Waals surface area contributed by atoms with Crippen LogP contribution in [0.3, 0.4) is 0 Å². The minimum atomic E-state index is -0.329. The van der Waals surface area contributed by atoms with Crippen molar-refractivity contribution in [3.63, 3.8) is 0 Å². The van der Waals surface area contributed by atoms with Crippen LogP contribution in [-0.4, -0.2) is 12.6 Å². The summed E-state index contributed by atoms with van der Waals surface area (Å²) < 4.78 is 5.30. The van der Waals surface area contributed by atoms with Gasteiger partial charge in [-0.1, -0.05) is 41.0 Å². The lowest BCUT2D eigenvalue weighted by molar-refractivity contribution is 0.0545. The number of carbonyl (C=O) groups excluding carboxylic acids is 1. The summed E-state index contributed by atoms with van der Waals surface area (Å²) in [6.07, 6.45) is 10.8. The van der Waals surface area contributed by atoms with Crippen molar-refractivity contribution in [3.8, 4) is 0 Å². The Hall–Kier alpha value is -1.74. The Balaban J connectivity index is 2.33. The van der Waals surface area contributed by atoms with Crippen molar-refractivity contribution < 1.29 is 9.53 Å². The zero-order valence-electron chi connectivity index (χ0n) is 15.8. The number of allylic oxidation sites excluding steroid dienone is 5. The molecule has 3 heteroatoms. The van der Waals surface area contributed by atoms with Crippen molar-refractivity contribution in [1.29, 1.82) is 0 Å². The molecule has 0 saturated heterocycles. The molecule has 0 unspecified atom stereocenters. The predicted octanol–water partition coefficient (Wildman–Crippen LogP) is 6.55. The molecule has 25 heavy (non-hydrogen) atoms. The second-order valence-corrected chi connectivity index (χ2v) is 7.06. The summed E-state index contributed by atoms with van der Waals surface area (Å²) in [6, 6.07) is 7.17. The zero-order chi connectivity index (χ0) is 18.7. The van der Waals surface area contributed by atoms with Gasteiger partial charge in [-0.3, -0.25) is 0 Å². The van der Waals surface area contributed by atoms with Crippen LogP contribution in [0, 0.1) is 0 Å². The highest BCUT2D eigenvalue weighted by Gasteiger charge is 2.09. The van der Waals surface area contributed by atoms with Crippen molar-refractivity contribution in [2.45, 2.75) is 58.3 Å². The maximum atomic E-state index is 12.0. The van der Waals surface area contributed by atoms with Crippen LogP contribution in [0.4, 0.5) is 0 Å². The average Bonchev–Trinajstić information content (AvgIpc) is 2.54. The van der Waals surface area contributed by atoms with E-state index in [0.29, 0.717) is 17.1 Å². The third-order valence-electron chi connectivity index (χ3n) is 3.89. The Labute approximate surface area is 158 Å². The molecule has 0 aliphatic rings. The van der Waals surface area contributed by atoms with E-state index in [2.05, 4.69) is 52.5 Å². The molecule has 0 spiro atoms. The van der Waals surface area contributed by atoms with Crippen LogP contribution in [0.2, 0.25) is 0 Å². The van der Waals surface area contributed by atoms with Crippen LogP contribution in [0.15, 0.2) is 64.1 Å². The van der Waals surface area contributed by atoms with Gasteiger partial charge in [0.05, 0.1) is 5.56 Å². The molecule has 0 aliphatic carbocycles. The van der Waals surface area contributed by atoms with Gasteiger partial charge in [0.25, 0.3) is 0 Å². The highest BCUT2D eigenvalue weighted by molar-refractivity contribution is 7.80. The molecule has 1 aromatic carbocycles. The number of benzene rings is 1. The smallest absolute Gasteiger partial charge is 0.339 e. The molecule has 1 rings (SSSR count). The van der Waals surface area contributed by atoms with Gasteiger partial charge in [0.1, 0.15) is 6.61 Å². The monoisotopic (exact) mass is 358 g/mol. The highest BCUT2D eigenvalue weighted by atomic mass is 32.1. The fourth-order valence-corrected chi connectivity index (χ4v) is 2.57. The number of esters is 1. The number of rotatable bonds is 9. The molecule has 136 valence electrons. The van der Waals surface area contributed by atoms with Crippen LogP contribution in [0.25, 0.3) is 0 Å². The molecule has 0 radical (unpaired) electrons. The van der Waals surface area contributed by atoms with E-state index in [1.54, 1.807) is 12.1 Å². The Bertz CT molecular complexity index is 650. The summed E-state index contributed by atoms with van der Waals surface area (Å²) in [5, 5.41) is 0.